The number of unbranched alkanes of at least 4 members (excludes halogenated alkanes) is 50. The van der Waals surface area contributed by atoms with E-state index in [1.54, 1.807) is 0 Å². The van der Waals surface area contributed by atoms with E-state index in [0.717, 1.165) is 83.5 Å². The highest BCUT2D eigenvalue weighted by Gasteiger charge is 2.25. The van der Waals surface area contributed by atoms with Gasteiger partial charge in [0.25, 0.3) is 6.29 Å². The van der Waals surface area contributed by atoms with Gasteiger partial charge in [0.2, 0.25) is 0 Å². The summed E-state index contributed by atoms with van der Waals surface area (Å²) in [7, 11) is 6.00. The van der Waals surface area contributed by atoms with Crippen LogP contribution in [0.25, 0.3) is 0 Å². The van der Waals surface area contributed by atoms with Gasteiger partial charge in [0.1, 0.15) is 13.2 Å². The number of esters is 2. The van der Waals surface area contributed by atoms with Crippen molar-refractivity contribution in [1.82, 2.24) is 0 Å². The molecule has 0 aliphatic rings. The summed E-state index contributed by atoms with van der Waals surface area (Å²) in [6, 6.07) is 0. The molecule has 0 amide bonds. The lowest BCUT2D eigenvalue weighted by Crippen LogP contribution is -2.40. The summed E-state index contributed by atoms with van der Waals surface area (Å²) in [6.45, 7) is 4.82. The predicted molar refractivity (Wildman–Crippen MR) is 438 cm³/mol. The van der Waals surface area contributed by atoms with Crippen LogP contribution in [0.15, 0.2) is 97.2 Å². The lowest BCUT2D eigenvalue weighted by molar-refractivity contribution is -0.870. The largest absolute Gasteiger partial charge is 0.477 e. The Balaban J connectivity index is 3.96. The van der Waals surface area contributed by atoms with Gasteiger partial charge in [-0.25, -0.2) is 4.79 Å². The number of rotatable bonds is 81. The molecule has 0 aromatic heterocycles. The van der Waals surface area contributed by atoms with Crippen molar-refractivity contribution >= 4 is 17.9 Å². The first-order valence-electron chi connectivity index (χ1n) is 43.4. The van der Waals surface area contributed by atoms with Gasteiger partial charge in [-0.05, 0) is 96.3 Å². The second kappa shape index (κ2) is 81.9. The fraction of sp³-hybridized carbons (Fsp3) is 0.793. The van der Waals surface area contributed by atoms with Gasteiger partial charge in [-0.1, -0.05) is 400 Å². The Morgan fingerprint density at radius 2 is 0.564 bits per heavy atom. The number of carboxylic acids is 1. The molecule has 2 unspecified atom stereocenters. The highest BCUT2D eigenvalue weighted by Crippen LogP contribution is 2.20. The minimum Gasteiger partial charge on any atom is -0.477 e. The summed E-state index contributed by atoms with van der Waals surface area (Å²) < 4.78 is 23.1. The number of aliphatic carboxylic acids is 1. The van der Waals surface area contributed by atoms with Gasteiger partial charge in [-0.3, -0.25) is 9.59 Å². The Kier molecular flexibility index (Phi) is 78.8. The zero-order valence-electron chi connectivity index (χ0n) is 67.3. The summed E-state index contributed by atoms with van der Waals surface area (Å²) in [5.74, 6) is -1.98. The normalized spacial score (nSPS) is 13.1. The Bertz CT molecular complexity index is 1990. The molecule has 0 saturated heterocycles. The van der Waals surface area contributed by atoms with Crippen LogP contribution in [0.3, 0.4) is 0 Å². The lowest BCUT2D eigenvalue weighted by Gasteiger charge is -2.25. The molecule has 9 nitrogen and oxygen atoms in total. The van der Waals surface area contributed by atoms with E-state index in [-0.39, 0.29) is 38.2 Å². The number of likely N-dealkylation sites (N-methyl/N-ethyl adjacent to an activating group) is 1. The number of carbonyl (C=O) groups is 3. The lowest BCUT2D eigenvalue weighted by atomic mass is 10.0. The van der Waals surface area contributed by atoms with Gasteiger partial charge in [-0.15, -0.1) is 0 Å². The molecule has 0 aliphatic carbocycles. The summed E-state index contributed by atoms with van der Waals surface area (Å²) in [6.07, 6.45) is 112. The van der Waals surface area contributed by atoms with E-state index < -0.39 is 18.4 Å². The van der Waals surface area contributed by atoms with Crippen LogP contribution in [-0.2, 0) is 33.3 Å². The number of hydrogen-bond donors (Lipinski definition) is 1. The maximum absolute atomic E-state index is 13.0. The number of carboxylic acid groups (broad SMARTS) is 1. The quantitative estimate of drug-likeness (QED) is 0.0211. The highest BCUT2D eigenvalue weighted by atomic mass is 16.7. The van der Waals surface area contributed by atoms with Crippen molar-refractivity contribution in [3.05, 3.63) is 97.2 Å². The molecule has 0 rings (SSSR count). The zero-order chi connectivity index (χ0) is 73.2. The van der Waals surface area contributed by atoms with Gasteiger partial charge in [0, 0.05) is 12.8 Å². The molecule has 0 aliphatic heterocycles. The Morgan fingerprint density at radius 1 is 0.307 bits per heavy atom. The molecule has 0 bridgehead atoms. The SMILES string of the molecule is CC/C=C\C/C=C\C/C=C\C/C=C\C/C=C\C/C=C\C/C=C\CCCCCCCCCCCCCCCCCCCC(=O)OC(COC(=O)CCCCCCCCCCCCCCCCCCCCCCCCCCC/C=C\CCCCCCCCCC)COC(OCC[N+](C)(C)C)C(=O)O. The fourth-order valence-corrected chi connectivity index (χ4v) is 12.8. The topological polar surface area (TPSA) is 108 Å². The minimum absolute atomic E-state index is 0.179. The van der Waals surface area contributed by atoms with Crippen molar-refractivity contribution in [1.29, 1.82) is 0 Å². The van der Waals surface area contributed by atoms with Gasteiger partial charge in [-0.2, -0.15) is 0 Å². The summed E-state index contributed by atoms with van der Waals surface area (Å²) in [5, 5.41) is 9.79. The van der Waals surface area contributed by atoms with E-state index in [9.17, 15) is 19.5 Å². The summed E-state index contributed by atoms with van der Waals surface area (Å²) >= 11 is 0. The molecule has 0 radical (unpaired) electrons. The predicted octanol–water partition coefficient (Wildman–Crippen LogP) is 28.3. The molecule has 0 spiro atoms. The average Bonchev–Trinajstić information content (AvgIpc) is 1.21. The first-order valence-corrected chi connectivity index (χ1v) is 43.4. The number of ether oxygens (including phenoxy) is 4. The average molecular weight is 1410 g/mol. The van der Waals surface area contributed by atoms with Crippen LogP contribution in [0.1, 0.15) is 412 Å². The maximum Gasteiger partial charge on any atom is 0.361 e. The third-order valence-electron chi connectivity index (χ3n) is 19.3. The Morgan fingerprint density at radius 3 is 0.851 bits per heavy atom. The van der Waals surface area contributed by atoms with E-state index in [1.807, 2.05) is 21.1 Å². The molecule has 586 valence electrons. The van der Waals surface area contributed by atoms with Crippen molar-refractivity contribution < 1.29 is 42.9 Å². The van der Waals surface area contributed by atoms with Crippen LogP contribution < -0.4 is 0 Å². The number of carbonyl (C=O) groups excluding carboxylic acids is 2. The van der Waals surface area contributed by atoms with Gasteiger partial charge >= 0.3 is 17.9 Å². The van der Waals surface area contributed by atoms with E-state index in [1.165, 1.54) is 302 Å². The zero-order valence-corrected chi connectivity index (χ0v) is 67.3. The molecule has 1 N–H and O–H groups in total. The van der Waals surface area contributed by atoms with Crippen molar-refractivity contribution in [3.8, 4) is 0 Å². The van der Waals surface area contributed by atoms with Crippen molar-refractivity contribution in [2.24, 2.45) is 0 Å². The van der Waals surface area contributed by atoms with Crippen LogP contribution in [0.2, 0.25) is 0 Å². The van der Waals surface area contributed by atoms with Crippen LogP contribution in [0.5, 0.6) is 0 Å². The smallest absolute Gasteiger partial charge is 0.361 e. The molecule has 0 fully saturated rings. The molecule has 0 saturated carbocycles. The highest BCUT2D eigenvalue weighted by molar-refractivity contribution is 5.71. The third-order valence-corrected chi connectivity index (χ3v) is 19.3. The van der Waals surface area contributed by atoms with Gasteiger partial charge < -0.3 is 28.5 Å². The first kappa shape index (κ1) is 97.2. The fourth-order valence-electron chi connectivity index (χ4n) is 12.8. The molecule has 9 heteroatoms. The molecular formula is C92H166NO8+. The third kappa shape index (κ3) is 83.4. The maximum atomic E-state index is 13.0. The number of allylic oxidation sites excluding steroid dienone is 16. The summed E-state index contributed by atoms with van der Waals surface area (Å²) in [4.78, 5) is 37.8. The second-order valence-electron chi connectivity index (χ2n) is 30.5. The number of nitrogens with zero attached hydrogens (tertiary/aromatic N) is 1. The van der Waals surface area contributed by atoms with E-state index in [2.05, 4.69) is 111 Å². The van der Waals surface area contributed by atoms with Crippen LogP contribution in [0.4, 0.5) is 0 Å². The van der Waals surface area contributed by atoms with Crippen LogP contribution in [0, 0.1) is 0 Å². The molecule has 0 aromatic carbocycles. The first-order chi connectivity index (χ1) is 49.6. The number of hydrogen-bond acceptors (Lipinski definition) is 7. The molecule has 2 atom stereocenters. The number of quaternary nitrogens is 1. The molecule has 0 heterocycles. The monoisotopic (exact) mass is 1410 g/mol. The van der Waals surface area contributed by atoms with Crippen molar-refractivity contribution in [2.75, 3.05) is 47.5 Å². The summed E-state index contributed by atoms with van der Waals surface area (Å²) in [5.41, 5.74) is 0. The molecule has 101 heavy (non-hydrogen) atoms. The van der Waals surface area contributed by atoms with Crippen LogP contribution in [-0.4, -0.2) is 87.4 Å². The second-order valence-corrected chi connectivity index (χ2v) is 30.5. The van der Waals surface area contributed by atoms with Gasteiger partial charge in [0.05, 0.1) is 34.4 Å². The van der Waals surface area contributed by atoms with E-state index in [0.29, 0.717) is 17.4 Å². The standard InChI is InChI=1S/C92H165NO8/c1-6-8-10-12-14-16-18-20-22-24-26-28-30-32-34-36-38-40-42-44-45-47-49-51-53-55-57-59-61-63-65-67-69-71-73-75-77-79-81-83-90(95)101-88(87-100-92(91(96)97)98-85-84-93(3,4)5)86-99-89(94)82-80-78-76-74-72-70-68-66-64-62-60-58-56-54-52-50-48-46-43-41-39-37-35-33-31-29-27-25-23-21-19-17-15-13-11-9-7-2/h8,10,14,16,20,22,25-28,32,34,38,40,44-45,88,92H,6-7,9,11-13,15,17-19,21,23-24,29-31,33,35-37,39,41-43,46-87H2,1-5H3/p+1/b10-8-,16-14-,22-20-,27-25-,28-26-,34-32-,40-38-,45-44-. The minimum atomic E-state index is -1.51. The van der Waals surface area contributed by atoms with Gasteiger partial charge in [0.15, 0.2) is 6.10 Å². The van der Waals surface area contributed by atoms with E-state index in [4.69, 9.17) is 18.9 Å². The van der Waals surface area contributed by atoms with Crippen molar-refractivity contribution in [2.45, 2.75) is 424 Å². The van der Waals surface area contributed by atoms with Crippen LogP contribution >= 0.6 is 0 Å². The molecule has 0 aromatic rings. The van der Waals surface area contributed by atoms with E-state index >= 15 is 0 Å². The van der Waals surface area contributed by atoms with Crippen molar-refractivity contribution in [3.63, 3.8) is 0 Å². The molecular weight excluding hydrogens is 1250 g/mol. The Labute approximate surface area is 626 Å². The Hall–Kier alpha value is -3.79.